The van der Waals surface area contributed by atoms with Crippen LogP contribution in [0.15, 0.2) is 30.3 Å². The van der Waals surface area contributed by atoms with Crippen LogP contribution in [0.1, 0.15) is 45.8 Å². The number of ketones is 1. The van der Waals surface area contributed by atoms with Crippen LogP contribution in [0.5, 0.6) is 0 Å². The molecule has 0 heterocycles. The summed E-state index contributed by atoms with van der Waals surface area (Å²) in [6, 6.07) is 9.58. The fourth-order valence-corrected chi connectivity index (χ4v) is 1.66. The Morgan fingerprint density at radius 1 is 1.26 bits per heavy atom. The summed E-state index contributed by atoms with van der Waals surface area (Å²) < 4.78 is 5.56. The van der Waals surface area contributed by atoms with Gasteiger partial charge in [-0.05, 0) is 33.3 Å². The highest BCUT2D eigenvalue weighted by Crippen LogP contribution is 2.19. The Hall–Kier alpha value is -1.59. The molecule has 0 radical (unpaired) electrons. The predicted octanol–water partition coefficient (Wildman–Crippen LogP) is 3.77. The van der Waals surface area contributed by atoms with E-state index in [0.717, 1.165) is 5.56 Å². The van der Waals surface area contributed by atoms with Gasteiger partial charge in [-0.2, -0.15) is 0 Å². The van der Waals surface area contributed by atoms with Gasteiger partial charge in [-0.1, -0.05) is 42.2 Å². The molecule has 1 unspecified atom stereocenters. The van der Waals surface area contributed by atoms with Crippen molar-refractivity contribution in [3.8, 4) is 11.8 Å². The zero-order valence-corrected chi connectivity index (χ0v) is 12.2. The van der Waals surface area contributed by atoms with Crippen molar-refractivity contribution in [2.75, 3.05) is 6.61 Å². The molecule has 2 nitrogen and oxygen atoms in total. The van der Waals surface area contributed by atoms with Gasteiger partial charge in [0.2, 0.25) is 0 Å². The van der Waals surface area contributed by atoms with E-state index in [0.29, 0.717) is 6.61 Å². The molecule has 0 aliphatic carbocycles. The van der Waals surface area contributed by atoms with Crippen LogP contribution in [0, 0.1) is 17.3 Å². The van der Waals surface area contributed by atoms with Gasteiger partial charge in [0, 0.05) is 12.0 Å². The van der Waals surface area contributed by atoms with Crippen molar-refractivity contribution in [2.45, 2.75) is 40.2 Å². The normalized spacial score (nSPS) is 12.4. The Labute approximate surface area is 116 Å². The molecule has 0 bridgehead atoms. The van der Waals surface area contributed by atoms with E-state index in [9.17, 15) is 4.79 Å². The van der Waals surface area contributed by atoms with E-state index in [1.165, 1.54) is 0 Å². The molecule has 0 fully saturated rings. The first kappa shape index (κ1) is 15.5. The van der Waals surface area contributed by atoms with Crippen LogP contribution in [0.2, 0.25) is 0 Å². The lowest BCUT2D eigenvalue weighted by Gasteiger charge is -2.15. The second kappa shape index (κ2) is 7.11. The highest BCUT2D eigenvalue weighted by molar-refractivity contribution is 5.86. The Balaban J connectivity index is 2.77. The molecule has 0 N–H and O–H groups in total. The van der Waals surface area contributed by atoms with E-state index < -0.39 is 6.10 Å². The third-order valence-electron chi connectivity index (χ3n) is 2.45. The summed E-state index contributed by atoms with van der Waals surface area (Å²) in [6.45, 7) is 8.49. The van der Waals surface area contributed by atoms with Crippen molar-refractivity contribution in [3.05, 3.63) is 35.9 Å². The largest absolute Gasteiger partial charge is 0.366 e. The SMILES string of the molecule is CCOC(C(=O)CC#CC(C)(C)C)c1ccccc1. The standard InChI is InChI=1S/C17H22O2/c1-5-19-16(14-10-7-6-8-11-14)15(18)12-9-13-17(2,3)4/h6-8,10-11,16H,5,12H2,1-4H3. The quantitative estimate of drug-likeness (QED) is 0.751. The van der Waals surface area contributed by atoms with Gasteiger partial charge in [-0.15, -0.1) is 0 Å². The molecule has 0 aliphatic rings. The van der Waals surface area contributed by atoms with Crippen molar-refractivity contribution in [2.24, 2.45) is 5.41 Å². The van der Waals surface area contributed by atoms with Crippen molar-refractivity contribution < 1.29 is 9.53 Å². The van der Waals surface area contributed by atoms with Crippen LogP contribution < -0.4 is 0 Å². The average molecular weight is 258 g/mol. The maximum atomic E-state index is 12.2. The first-order valence-electron chi connectivity index (χ1n) is 6.63. The smallest absolute Gasteiger partial charge is 0.177 e. The molecule has 0 amide bonds. The van der Waals surface area contributed by atoms with E-state index in [1.54, 1.807) is 0 Å². The van der Waals surface area contributed by atoms with Crippen LogP contribution >= 0.6 is 0 Å². The maximum absolute atomic E-state index is 12.2. The molecule has 2 heteroatoms. The van der Waals surface area contributed by atoms with Gasteiger partial charge in [0.25, 0.3) is 0 Å². The monoisotopic (exact) mass is 258 g/mol. The Morgan fingerprint density at radius 2 is 1.89 bits per heavy atom. The molecule has 0 saturated heterocycles. The zero-order chi connectivity index (χ0) is 14.3. The summed E-state index contributed by atoms with van der Waals surface area (Å²) in [7, 11) is 0. The van der Waals surface area contributed by atoms with Gasteiger partial charge in [-0.25, -0.2) is 0 Å². The van der Waals surface area contributed by atoms with E-state index in [4.69, 9.17) is 4.74 Å². The third kappa shape index (κ3) is 5.72. The second-order valence-corrected chi connectivity index (χ2v) is 5.44. The summed E-state index contributed by atoms with van der Waals surface area (Å²) >= 11 is 0. The Bertz CT molecular complexity index is 458. The molecule has 102 valence electrons. The van der Waals surface area contributed by atoms with Gasteiger partial charge < -0.3 is 4.74 Å². The van der Waals surface area contributed by atoms with E-state index in [1.807, 2.05) is 58.0 Å². The lowest BCUT2D eigenvalue weighted by atomic mass is 9.97. The molecule has 0 aliphatic heterocycles. The lowest BCUT2D eigenvalue weighted by Crippen LogP contribution is -2.15. The minimum atomic E-state index is -0.500. The van der Waals surface area contributed by atoms with E-state index >= 15 is 0 Å². The van der Waals surface area contributed by atoms with E-state index in [2.05, 4.69) is 11.8 Å². The maximum Gasteiger partial charge on any atom is 0.177 e. The van der Waals surface area contributed by atoms with Gasteiger partial charge in [0.15, 0.2) is 5.78 Å². The van der Waals surface area contributed by atoms with Crippen LogP contribution in [0.3, 0.4) is 0 Å². The van der Waals surface area contributed by atoms with Crippen molar-refractivity contribution in [1.82, 2.24) is 0 Å². The zero-order valence-electron chi connectivity index (χ0n) is 12.2. The van der Waals surface area contributed by atoms with Crippen LogP contribution in [0.25, 0.3) is 0 Å². The molecular formula is C17H22O2. The number of hydrogen-bond acceptors (Lipinski definition) is 2. The predicted molar refractivity (Wildman–Crippen MR) is 77.7 cm³/mol. The highest BCUT2D eigenvalue weighted by Gasteiger charge is 2.19. The minimum absolute atomic E-state index is 0.0183. The van der Waals surface area contributed by atoms with Gasteiger partial charge >= 0.3 is 0 Å². The molecule has 1 aromatic rings. The highest BCUT2D eigenvalue weighted by atomic mass is 16.5. The molecular weight excluding hydrogens is 236 g/mol. The first-order valence-corrected chi connectivity index (χ1v) is 6.63. The van der Waals surface area contributed by atoms with Crippen LogP contribution in [-0.2, 0) is 9.53 Å². The van der Waals surface area contributed by atoms with Gasteiger partial charge in [0.05, 0.1) is 6.42 Å². The van der Waals surface area contributed by atoms with Gasteiger partial charge in [-0.3, -0.25) is 4.79 Å². The fraction of sp³-hybridized carbons (Fsp3) is 0.471. The van der Waals surface area contributed by atoms with Crippen molar-refractivity contribution in [3.63, 3.8) is 0 Å². The molecule has 0 spiro atoms. The molecule has 0 saturated carbocycles. The third-order valence-corrected chi connectivity index (χ3v) is 2.45. The van der Waals surface area contributed by atoms with Crippen LogP contribution in [-0.4, -0.2) is 12.4 Å². The van der Waals surface area contributed by atoms with Crippen molar-refractivity contribution in [1.29, 1.82) is 0 Å². The molecule has 0 aromatic heterocycles. The summed E-state index contributed by atoms with van der Waals surface area (Å²) in [5, 5.41) is 0. The second-order valence-electron chi connectivity index (χ2n) is 5.44. The number of rotatable bonds is 5. The first-order chi connectivity index (χ1) is 8.94. The Morgan fingerprint density at radius 3 is 2.42 bits per heavy atom. The van der Waals surface area contributed by atoms with E-state index in [-0.39, 0.29) is 17.6 Å². The summed E-state index contributed by atoms with van der Waals surface area (Å²) in [6.07, 6.45) is -0.267. The lowest BCUT2D eigenvalue weighted by molar-refractivity contribution is -0.129. The number of hydrogen-bond donors (Lipinski definition) is 0. The number of carbonyl (C=O) groups excluding carboxylic acids is 1. The number of ether oxygens (including phenoxy) is 1. The summed E-state index contributed by atoms with van der Waals surface area (Å²) in [4.78, 5) is 12.2. The minimum Gasteiger partial charge on any atom is -0.366 e. The summed E-state index contributed by atoms with van der Waals surface area (Å²) in [5.74, 6) is 6.05. The number of benzene rings is 1. The molecule has 1 atom stereocenters. The molecule has 1 rings (SSSR count). The summed E-state index contributed by atoms with van der Waals surface area (Å²) in [5.41, 5.74) is 0.820. The molecule has 19 heavy (non-hydrogen) atoms. The topological polar surface area (TPSA) is 26.3 Å². The number of Topliss-reactive ketones (excluding diaryl/α,β-unsaturated/α-hetero) is 1. The van der Waals surface area contributed by atoms with Crippen LogP contribution in [0.4, 0.5) is 0 Å². The average Bonchev–Trinajstić information content (AvgIpc) is 2.35. The molecule has 1 aromatic carbocycles. The Kier molecular flexibility index (Phi) is 5.79. The fourth-order valence-electron chi connectivity index (χ4n) is 1.66. The van der Waals surface area contributed by atoms with Gasteiger partial charge in [0.1, 0.15) is 6.10 Å². The number of carbonyl (C=O) groups is 1. The van der Waals surface area contributed by atoms with Crippen molar-refractivity contribution >= 4 is 5.78 Å².